The number of halogens is 1. The van der Waals surface area contributed by atoms with E-state index in [1.165, 1.54) is 11.0 Å². The second-order valence-corrected chi connectivity index (χ2v) is 7.83. The average Bonchev–Trinajstić information content (AvgIpc) is 2.69. The lowest BCUT2D eigenvalue weighted by molar-refractivity contribution is -0.132. The SMILES string of the molecule is CCOc1cc(Br)c(C=C2C(=O)NC(=O)N(C3CCCCC3)C2=O)cc1OCC. The summed E-state index contributed by atoms with van der Waals surface area (Å²) in [5, 5.41) is 2.31. The van der Waals surface area contributed by atoms with Crippen LogP contribution < -0.4 is 14.8 Å². The van der Waals surface area contributed by atoms with Crippen molar-refractivity contribution in [1.82, 2.24) is 10.2 Å². The number of nitrogens with zero attached hydrogens (tertiary/aromatic N) is 1. The van der Waals surface area contributed by atoms with Crippen LogP contribution in [0, 0.1) is 0 Å². The van der Waals surface area contributed by atoms with Crippen LogP contribution in [0.3, 0.4) is 0 Å². The molecule has 2 aliphatic rings. The summed E-state index contributed by atoms with van der Waals surface area (Å²) in [7, 11) is 0. The smallest absolute Gasteiger partial charge is 0.331 e. The largest absolute Gasteiger partial charge is 0.490 e. The van der Waals surface area contributed by atoms with Crippen LogP contribution in [-0.2, 0) is 9.59 Å². The molecule has 0 atom stereocenters. The zero-order valence-electron chi connectivity index (χ0n) is 16.6. The molecule has 0 aromatic heterocycles. The number of carbonyl (C=O) groups excluding carboxylic acids is 3. The van der Waals surface area contributed by atoms with Crippen molar-refractivity contribution in [1.29, 1.82) is 0 Å². The Balaban J connectivity index is 1.97. The third-order valence-corrected chi connectivity index (χ3v) is 5.72. The number of benzene rings is 1. The standard InChI is InChI=1S/C21H25BrN2O5/c1-3-28-17-11-13(16(22)12-18(17)29-4-2)10-15-19(25)23-21(27)24(20(15)26)14-8-6-5-7-9-14/h10-12,14H,3-9H2,1-2H3,(H,23,25,27). The lowest BCUT2D eigenvalue weighted by atomic mass is 9.93. The monoisotopic (exact) mass is 464 g/mol. The van der Waals surface area contributed by atoms with E-state index in [0.717, 1.165) is 32.1 Å². The highest BCUT2D eigenvalue weighted by Crippen LogP contribution is 2.35. The van der Waals surface area contributed by atoms with Crippen LogP contribution in [0.5, 0.6) is 11.5 Å². The van der Waals surface area contributed by atoms with E-state index in [9.17, 15) is 14.4 Å². The van der Waals surface area contributed by atoms with Gasteiger partial charge in [0.2, 0.25) is 0 Å². The second-order valence-electron chi connectivity index (χ2n) is 6.97. The van der Waals surface area contributed by atoms with E-state index in [1.54, 1.807) is 12.1 Å². The minimum absolute atomic E-state index is 0.0671. The zero-order chi connectivity index (χ0) is 21.0. The first kappa shape index (κ1) is 21.4. The van der Waals surface area contributed by atoms with E-state index in [2.05, 4.69) is 21.2 Å². The Kier molecular flexibility index (Phi) is 6.95. The van der Waals surface area contributed by atoms with Crippen molar-refractivity contribution in [2.75, 3.05) is 13.2 Å². The van der Waals surface area contributed by atoms with E-state index in [1.807, 2.05) is 13.8 Å². The maximum atomic E-state index is 13.0. The molecule has 156 valence electrons. The molecule has 1 aromatic carbocycles. The Labute approximate surface area is 178 Å². The van der Waals surface area contributed by atoms with Gasteiger partial charge >= 0.3 is 6.03 Å². The maximum Gasteiger partial charge on any atom is 0.331 e. The number of carbonyl (C=O) groups is 3. The van der Waals surface area contributed by atoms with E-state index < -0.39 is 17.8 Å². The van der Waals surface area contributed by atoms with Gasteiger partial charge in [0.25, 0.3) is 11.8 Å². The molecular formula is C21H25BrN2O5. The molecule has 1 saturated carbocycles. The zero-order valence-corrected chi connectivity index (χ0v) is 18.2. The molecule has 1 aliphatic heterocycles. The number of ether oxygens (including phenoxy) is 2. The molecule has 7 nitrogen and oxygen atoms in total. The third kappa shape index (κ3) is 4.63. The van der Waals surface area contributed by atoms with Crippen molar-refractivity contribution in [3.05, 3.63) is 27.7 Å². The topological polar surface area (TPSA) is 84.9 Å². The van der Waals surface area contributed by atoms with Gasteiger partial charge < -0.3 is 9.47 Å². The molecule has 8 heteroatoms. The minimum atomic E-state index is -0.689. The molecule has 1 N–H and O–H groups in total. The highest BCUT2D eigenvalue weighted by Gasteiger charge is 2.40. The van der Waals surface area contributed by atoms with Crippen LogP contribution >= 0.6 is 15.9 Å². The summed E-state index contributed by atoms with van der Waals surface area (Å²) in [6, 6.07) is 2.66. The molecule has 1 heterocycles. The van der Waals surface area contributed by atoms with Crippen molar-refractivity contribution in [3.63, 3.8) is 0 Å². The number of hydrogen-bond acceptors (Lipinski definition) is 5. The first-order valence-corrected chi connectivity index (χ1v) is 10.7. The number of nitrogens with one attached hydrogen (secondary N) is 1. The van der Waals surface area contributed by atoms with Crippen LogP contribution in [0.25, 0.3) is 6.08 Å². The normalized spacial score (nSPS) is 19.5. The van der Waals surface area contributed by atoms with E-state index >= 15 is 0 Å². The van der Waals surface area contributed by atoms with Gasteiger partial charge in [-0.15, -0.1) is 0 Å². The molecule has 3 rings (SSSR count). The van der Waals surface area contributed by atoms with Gasteiger partial charge in [0.1, 0.15) is 5.57 Å². The predicted octanol–water partition coefficient (Wildman–Crippen LogP) is 4.04. The van der Waals surface area contributed by atoms with Crippen molar-refractivity contribution in [2.24, 2.45) is 0 Å². The number of imide groups is 2. The summed E-state index contributed by atoms with van der Waals surface area (Å²) in [5.41, 5.74) is 0.524. The van der Waals surface area contributed by atoms with Crippen molar-refractivity contribution >= 4 is 39.9 Å². The number of barbiturate groups is 1. The van der Waals surface area contributed by atoms with Crippen LogP contribution in [-0.4, -0.2) is 42.0 Å². The molecule has 4 amide bonds. The number of hydrogen-bond donors (Lipinski definition) is 1. The molecule has 29 heavy (non-hydrogen) atoms. The summed E-state index contributed by atoms with van der Waals surface area (Å²) in [5.74, 6) is -0.148. The highest BCUT2D eigenvalue weighted by molar-refractivity contribution is 9.10. The summed E-state index contributed by atoms with van der Waals surface area (Å²) in [6.07, 6.45) is 6.06. The predicted molar refractivity (Wildman–Crippen MR) is 112 cm³/mol. The highest BCUT2D eigenvalue weighted by atomic mass is 79.9. The maximum absolute atomic E-state index is 13.0. The fraction of sp³-hybridized carbons (Fsp3) is 0.476. The Hall–Kier alpha value is -2.35. The Morgan fingerprint density at radius 2 is 1.69 bits per heavy atom. The van der Waals surface area contributed by atoms with Crippen LogP contribution in [0.1, 0.15) is 51.5 Å². The Bertz CT molecular complexity index is 846. The minimum Gasteiger partial charge on any atom is -0.490 e. The van der Waals surface area contributed by atoms with Crippen molar-refractivity contribution < 1.29 is 23.9 Å². The van der Waals surface area contributed by atoms with Gasteiger partial charge in [-0.1, -0.05) is 35.2 Å². The molecule has 1 aromatic rings. The molecule has 0 unspecified atom stereocenters. The summed E-state index contributed by atoms with van der Waals surface area (Å²) >= 11 is 3.47. The molecule has 0 bridgehead atoms. The van der Waals surface area contributed by atoms with Gasteiger partial charge in [-0.3, -0.25) is 19.8 Å². The van der Waals surface area contributed by atoms with Gasteiger partial charge in [-0.05, 0) is 50.5 Å². The van der Waals surface area contributed by atoms with E-state index in [0.29, 0.717) is 34.7 Å². The van der Waals surface area contributed by atoms with E-state index in [4.69, 9.17) is 9.47 Å². The molecule has 0 spiro atoms. The summed E-state index contributed by atoms with van der Waals surface area (Å²) in [6.45, 7) is 4.66. The lowest BCUT2D eigenvalue weighted by Gasteiger charge is -2.35. The molecular weight excluding hydrogens is 440 g/mol. The van der Waals surface area contributed by atoms with Gasteiger partial charge in [0.05, 0.1) is 13.2 Å². The fourth-order valence-electron chi connectivity index (χ4n) is 3.70. The van der Waals surface area contributed by atoms with Gasteiger partial charge in [0, 0.05) is 10.5 Å². The van der Waals surface area contributed by atoms with Crippen molar-refractivity contribution in [2.45, 2.75) is 52.0 Å². The second kappa shape index (κ2) is 9.43. The first-order valence-electron chi connectivity index (χ1n) is 9.96. The number of amides is 4. The lowest BCUT2D eigenvalue weighted by Crippen LogP contribution is -2.58. The molecule has 0 radical (unpaired) electrons. The van der Waals surface area contributed by atoms with Crippen molar-refractivity contribution in [3.8, 4) is 11.5 Å². The summed E-state index contributed by atoms with van der Waals surface area (Å²) < 4.78 is 11.9. The Morgan fingerprint density at radius 3 is 2.31 bits per heavy atom. The molecule has 1 saturated heterocycles. The molecule has 1 aliphatic carbocycles. The first-order chi connectivity index (χ1) is 14.0. The Morgan fingerprint density at radius 1 is 1.07 bits per heavy atom. The van der Waals surface area contributed by atoms with Crippen LogP contribution in [0.2, 0.25) is 0 Å². The average molecular weight is 465 g/mol. The summed E-state index contributed by atoms with van der Waals surface area (Å²) in [4.78, 5) is 39.0. The van der Waals surface area contributed by atoms with Gasteiger partial charge in [-0.25, -0.2) is 4.79 Å². The number of rotatable bonds is 6. The molecule has 2 fully saturated rings. The quantitative estimate of drug-likeness (QED) is 0.507. The van der Waals surface area contributed by atoms with E-state index in [-0.39, 0.29) is 11.6 Å². The fourth-order valence-corrected chi connectivity index (χ4v) is 4.13. The van der Waals surface area contributed by atoms with Crippen LogP contribution in [0.15, 0.2) is 22.2 Å². The third-order valence-electron chi connectivity index (χ3n) is 5.04. The van der Waals surface area contributed by atoms with Gasteiger partial charge in [0.15, 0.2) is 11.5 Å². The van der Waals surface area contributed by atoms with Gasteiger partial charge in [-0.2, -0.15) is 0 Å². The van der Waals surface area contributed by atoms with Crippen LogP contribution in [0.4, 0.5) is 4.79 Å². The number of urea groups is 1.